The van der Waals surface area contributed by atoms with Crippen LogP contribution in [0.3, 0.4) is 0 Å². The second kappa shape index (κ2) is 8.36. The number of thioether (sulfide) groups is 4. The summed E-state index contributed by atoms with van der Waals surface area (Å²) in [6.07, 6.45) is 0. The zero-order chi connectivity index (χ0) is 18.6. The number of carbonyl (C=O) groups is 1. The van der Waals surface area contributed by atoms with Crippen LogP contribution in [0.25, 0.3) is 11.1 Å². The zero-order valence-electron chi connectivity index (χ0n) is 13.7. The fraction of sp³-hybridized carbons (Fsp3) is 0. The van der Waals surface area contributed by atoms with Gasteiger partial charge in [-0.25, -0.2) is 4.79 Å². The number of rotatable bonds is 3. The van der Waals surface area contributed by atoms with E-state index in [1.807, 2.05) is 40.5 Å². The minimum Gasteiger partial charge on any atom is -0.423 e. The van der Waals surface area contributed by atoms with Crippen molar-refractivity contribution < 1.29 is 9.53 Å². The Hall–Kier alpha value is -1.98. The molecule has 2 aliphatic rings. The molecule has 0 fully saturated rings. The molecule has 3 nitrogen and oxygen atoms in total. The summed E-state index contributed by atoms with van der Waals surface area (Å²) in [6, 6.07) is 16.9. The predicted octanol–water partition coefficient (Wildman–Crippen LogP) is 6.53. The summed E-state index contributed by atoms with van der Waals surface area (Å²) in [5.41, 5.74) is 2.64. The quantitative estimate of drug-likeness (QED) is 0.409. The van der Waals surface area contributed by atoms with E-state index in [1.165, 1.54) is 16.0 Å². The highest BCUT2D eigenvalue weighted by molar-refractivity contribution is 8.33. The lowest BCUT2D eigenvalue weighted by molar-refractivity contribution is -0.129. The lowest BCUT2D eigenvalue weighted by Gasteiger charge is -2.06. The van der Waals surface area contributed by atoms with Gasteiger partial charge in [-0.3, -0.25) is 0 Å². The molecule has 2 aliphatic heterocycles. The summed E-state index contributed by atoms with van der Waals surface area (Å²) < 4.78 is 7.83. The first-order chi connectivity index (χ1) is 13.2. The fourth-order valence-corrected chi connectivity index (χ4v) is 6.66. The molecule has 0 saturated carbocycles. The smallest absolute Gasteiger partial charge is 0.350 e. The summed E-state index contributed by atoms with van der Waals surface area (Å²) in [5.74, 6) is 0.173. The highest BCUT2D eigenvalue weighted by atomic mass is 32.2. The molecule has 132 valence electrons. The summed E-state index contributed by atoms with van der Waals surface area (Å²) >= 11 is 6.38. The van der Waals surface area contributed by atoms with Crippen molar-refractivity contribution in [3.05, 3.63) is 83.7 Å². The Kier molecular flexibility index (Phi) is 5.69. The number of benzene rings is 2. The first-order valence-corrected chi connectivity index (χ1v) is 11.3. The molecule has 0 aliphatic carbocycles. The Morgan fingerprint density at radius 1 is 0.852 bits per heavy atom. The molecule has 0 saturated heterocycles. The van der Waals surface area contributed by atoms with Gasteiger partial charge in [0.15, 0.2) is 0 Å². The van der Waals surface area contributed by atoms with Crippen LogP contribution in [-0.2, 0) is 4.79 Å². The van der Waals surface area contributed by atoms with E-state index in [2.05, 4.69) is 6.07 Å². The zero-order valence-corrected chi connectivity index (χ0v) is 17.0. The van der Waals surface area contributed by atoms with Crippen molar-refractivity contribution in [3.63, 3.8) is 0 Å². The van der Waals surface area contributed by atoms with Gasteiger partial charge in [-0.2, -0.15) is 5.26 Å². The van der Waals surface area contributed by atoms with E-state index < -0.39 is 0 Å². The Bertz CT molecular complexity index is 1010. The second-order valence-electron chi connectivity index (χ2n) is 5.39. The van der Waals surface area contributed by atoms with Crippen molar-refractivity contribution in [1.82, 2.24) is 0 Å². The van der Waals surface area contributed by atoms with Crippen LogP contribution in [0.5, 0.6) is 5.75 Å². The van der Waals surface area contributed by atoms with Gasteiger partial charge in [0.05, 0.1) is 20.1 Å². The van der Waals surface area contributed by atoms with Crippen LogP contribution in [0, 0.1) is 11.3 Å². The van der Waals surface area contributed by atoms with Gasteiger partial charge >= 0.3 is 5.97 Å². The maximum Gasteiger partial charge on any atom is 0.350 e. The van der Waals surface area contributed by atoms with E-state index in [0.717, 1.165) is 15.4 Å². The van der Waals surface area contributed by atoms with Gasteiger partial charge in [0.2, 0.25) is 0 Å². The third-order valence-electron chi connectivity index (χ3n) is 3.66. The Labute approximate surface area is 173 Å². The maximum atomic E-state index is 12.4. The van der Waals surface area contributed by atoms with Crippen molar-refractivity contribution in [1.29, 1.82) is 5.26 Å². The lowest BCUT2D eigenvalue weighted by Crippen LogP contribution is -2.07. The largest absolute Gasteiger partial charge is 0.423 e. The van der Waals surface area contributed by atoms with Crippen LogP contribution in [0.15, 0.2) is 78.1 Å². The third-order valence-corrected chi connectivity index (χ3v) is 8.66. The van der Waals surface area contributed by atoms with Gasteiger partial charge in [0.25, 0.3) is 0 Å². The fourth-order valence-electron chi connectivity index (χ4n) is 2.35. The van der Waals surface area contributed by atoms with Crippen LogP contribution >= 0.6 is 47.0 Å². The van der Waals surface area contributed by atoms with Crippen LogP contribution in [0.2, 0.25) is 0 Å². The van der Waals surface area contributed by atoms with E-state index in [1.54, 1.807) is 59.6 Å². The van der Waals surface area contributed by atoms with Crippen molar-refractivity contribution in [3.8, 4) is 22.9 Å². The molecule has 0 N–H and O–H groups in total. The number of esters is 1. The van der Waals surface area contributed by atoms with Crippen molar-refractivity contribution >= 4 is 53.0 Å². The summed E-state index contributed by atoms with van der Waals surface area (Å²) in [4.78, 5) is 13.0. The van der Waals surface area contributed by atoms with Gasteiger partial charge < -0.3 is 4.74 Å². The van der Waals surface area contributed by atoms with Crippen molar-refractivity contribution in [2.24, 2.45) is 0 Å². The van der Waals surface area contributed by atoms with Crippen molar-refractivity contribution in [2.45, 2.75) is 0 Å². The first-order valence-electron chi connectivity index (χ1n) is 7.83. The van der Waals surface area contributed by atoms with Crippen LogP contribution in [0.4, 0.5) is 0 Å². The Morgan fingerprint density at radius 3 is 2.11 bits per heavy atom. The summed E-state index contributed by atoms with van der Waals surface area (Å²) in [6.45, 7) is 0. The first kappa shape index (κ1) is 18.4. The number of hydrogen-bond acceptors (Lipinski definition) is 7. The molecule has 0 aromatic heterocycles. The van der Waals surface area contributed by atoms with E-state index in [0.29, 0.717) is 16.2 Å². The molecule has 7 heteroatoms. The highest BCUT2D eigenvalue weighted by Crippen LogP contribution is 2.53. The molecule has 2 aromatic rings. The molecule has 0 amide bonds. The molecule has 0 unspecified atom stereocenters. The van der Waals surface area contributed by atoms with E-state index >= 15 is 0 Å². The van der Waals surface area contributed by atoms with Gasteiger partial charge in [0.1, 0.15) is 10.7 Å². The number of carbonyl (C=O) groups excluding carboxylic acids is 1. The standard InChI is InChI=1S/C20H11NO2S4/c21-11-13-1-3-14(4-2-13)15-5-7-16(8-6-15)23-18(22)17-12-26-20(27-17)19-24-9-10-25-19/h1-10,12H. The number of ether oxygens (including phenoxy) is 1. The summed E-state index contributed by atoms with van der Waals surface area (Å²) in [7, 11) is 0. The molecule has 4 rings (SSSR count). The maximum absolute atomic E-state index is 12.4. The van der Waals surface area contributed by atoms with Crippen molar-refractivity contribution in [2.75, 3.05) is 0 Å². The Balaban J connectivity index is 1.40. The van der Waals surface area contributed by atoms with E-state index in [9.17, 15) is 4.79 Å². The third kappa shape index (κ3) is 4.30. The second-order valence-corrected chi connectivity index (χ2v) is 9.67. The van der Waals surface area contributed by atoms with E-state index in [4.69, 9.17) is 10.00 Å². The molecule has 2 heterocycles. The monoisotopic (exact) mass is 425 g/mol. The minimum atomic E-state index is -0.338. The van der Waals surface area contributed by atoms with Gasteiger partial charge in [-0.1, -0.05) is 71.3 Å². The average molecular weight is 426 g/mol. The molecular formula is C20H11NO2S4. The topological polar surface area (TPSA) is 50.1 Å². The van der Waals surface area contributed by atoms with Gasteiger partial charge in [0, 0.05) is 0 Å². The predicted molar refractivity (Wildman–Crippen MR) is 117 cm³/mol. The Morgan fingerprint density at radius 2 is 1.48 bits per heavy atom. The minimum absolute atomic E-state index is 0.338. The highest BCUT2D eigenvalue weighted by Gasteiger charge is 2.24. The molecule has 27 heavy (non-hydrogen) atoms. The molecule has 2 aromatic carbocycles. The molecule has 0 bridgehead atoms. The SMILES string of the molecule is N#Cc1ccc(-c2ccc(OC(=O)C3=CSC(=C4SC=CS4)S3)cc2)cc1. The normalized spacial score (nSPS) is 15.6. The molecule has 0 spiro atoms. The van der Waals surface area contributed by atoms with Crippen LogP contribution in [0.1, 0.15) is 5.56 Å². The lowest BCUT2D eigenvalue weighted by atomic mass is 10.0. The number of nitrogens with zero attached hydrogens (tertiary/aromatic N) is 1. The number of hydrogen-bond donors (Lipinski definition) is 0. The van der Waals surface area contributed by atoms with Gasteiger partial charge in [-0.05, 0) is 51.6 Å². The van der Waals surface area contributed by atoms with Crippen LogP contribution in [-0.4, -0.2) is 5.97 Å². The molecule has 0 radical (unpaired) electrons. The summed E-state index contributed by atoms with van der Waals surface area (Å²) in [5, 5.41) is 14.8. The molecule has 0 atom stereocenters. The van der Waals surface area contributed by atoms with Crippen LogP contribution < -0.4 is 4.74 Å². The van der Waals surface area contributed by atoms with E-state index in [-0.39, 0.29) is 5.97 Å². The average Bonchev–Trinajstić information content (AvgIpc) is 3.40. The molecular weight excluding hydrogens is 414 g/mol. The number of nitriles is 1. The van der Waals surface area contributed by atoms with Gasteiger partial charge in [-0.15, -0.1) is 0 Å².